The fourth-order valence-electron chi connectivity index (χ4n) is 2.13. The summed E-state index contributed by atoms with van der Waals surface area (Å²) in [5.41, 5.74) is 0.652. The van der Waals surface area contributed by atoms with Crippen LogP contribution in [0.25, 0.3) is 0 Å². The molecule has 0 bridgehead atoms. The standard InChI is InChI=1S/C13H16ClNO3S/c14-12-5-3-11(4-6-12)9-19(17,18)10-13(16)15-7-1-2-8-15/h3-6H,1-2,7-10H2. The summed E-state index contributed by atoms with van der Waals surface area (Å²) in [5, 5.41) is 0.564. The van der Waals surface area contributed by atoms with Gasteiger partial charge in [-0.3, -0.25) is 4.79 Å². The van der Waals surface area contributed by atoms with Gasteiger partial charge in [-0.1, -0.05) is 23.7 Å². The van der Waals surface area contributed by atoms with Crippen molar-refractivity contribution >= 4 is 27.3 Å². The van der Waals surface area contributed by atoms with Gasteiger partial charge < -0.3 is 4.90 Å². The van der Waals surface area contributed by atoms with E-state index in [1.165, 1.54) is 0 Å². The van der Waals surface area contributed by atoms with Crippen molar-refractivity contribution in [3.05, 3.63) is 34.9 Å². The molecule has 104 valence electrons. The Morgan fingerprint density at radius 1 is 1.16 bits per heavy atom. The Labute approximate surface area is 118 Å². The highest BCUT2D eigenvalue weighted by molar-refractivity contribution is 7.91. The summed E-state index contributed by atoms with van der Waals surface area (Å²) in [4.78, 5) is 13.5. The molecule has 1 aromatic rings. The Balaban J connectivity index is 1.98. The Morgan fingerprint density at radius 2 is 1.74 bits per heavy atom. The normalized spacial score (nSPS) is 15.7. The largest absolute Gasteiger partial charge is 0.342 e. The van der Waals surface area contributed by atoms with E-state index in [4.69, 9.17) is 11.6 Å². The van der Waals surface area contributed by atoms with Gasteiger partial charge >= 0.3 is 0 Å². The van der Waals surface area contributed by atoms with Gasteiger partial charge in [0.15, 0.2) is 9.84 Å². The SMILES string of the molecule is O=C(CS(=O)(=O)Cc1ccc(Cl)cc1)N1CCCC1. The Hall–Kier alpha value is -1.07. The van der Waals surface area contributed by atoms with Crippen LogP contribution in [0.4, 0.5) is 0 Å². The second-order valence-electron chi connectivity index (χ2n) is 4.75. The average molecular weight is 302 g/mol. The maximum atomic E-state index is 12.0. The fraction of sp³-hybridized carbons (Fsp3) is 0.462. The molecule has 1 amide bonds. The molecule has 0 spiro atoms. The summed E-state index contributed by atoms with van der Waals surface area (Å²) in [6.45, 7) is 1.35. The van der Waals surface area contributed by atoms with Crippen molar-refractivity contribution in [3.63, 3.8) is 0 Å². The number of rotatable bonds is 4. The lowest BCUT2D eigenvalue weighted by Gasteiger charge is -2.15. The molecule has 0 atom stereocenters. The minimum Gasteiger partial charge on any atom is -0.342 e. The maximum Gasteiger partial charge on any atom is 0.237 e. The highest BCUT2D eigenvalue weighted by Crippen LogP contribution is 2.14. The first-order valence-electron chi connectivity index (χ1n) is 6.19. The number of nitrogens with zero attached hydrogens (tertiary/aromatic N) is 1. The van der Waals surface area contributed by atoms with E-state index >= 15 is 0 Å². The molecule has 1 aromatic carbocycles. The third-order valence-corrected chi connectivity index (χ3v) is 4.81. The molecule has 4 nitrogen and oxygen atoms in total. The van der Waals surface area contributed by atoms with Gasteiger partial charge in [0.1, 0.15) is 5.75 Å². The van der Waals surface area contributed by atoms with Gasteiger partial charge in [0, 0.05) is 18.1 Å². The Kier molecular flexibility index (Phi) is 4.47. The second kappa shape index (κ2) is 5.92. The number of benzene rings is 1. The lowest BCUT2D eigenvalue weighted by atomic mass is 10.2. The van der Waals surface area contributed by atoms with Crippen LogP contribution in [-0.4, -0.2) is 38.1 Å². The van der Waals surface area contributed by atoms with Crippen molar-refractivity contribution in [1.82, 2.24) is 4.90 Å². The molecule has 1 aliphatic heterocycles. The lowest BCUT2D eigenvalue weighted by Crippen LogP contribution is -2.33. The number of carbonyl (C=O) groups excluding carboxylic acids is 1. The molecule has 0 N–H and O–H groups in total. The average Bonchev–Trinajstić information content (AvgIpc) is 2.85. The molecule has 0 saturated carbocycles. The first kappa shape index (κ1) is 14.3. The van der Waals surface area contributed by atoms with Crippen LogP contribution in [0.3, 0.4) is 0 Å². The quantitative estimate of drug-likeness (QED) is 0.853. The van der Waals surface area contributed by atoms with E-state index in [0.29, 0.717) is 23.7 Å². The zero-order valence-electron chi connectivity index (χ0n) is 10.5. The predicted octanol–water partition coefficient (Wildman–Crippen LogP) is 1.88. The smallest absolute Gasteiger partial charge is 0.237 e. The van der Waals surface area contributed by atoms with Crippen molar-refractivity contribution in [3.8, 4) is 0 Å². The van der Waals surface area contributed by atoms with Gasteiger partial charge in [-0.15, -0.1) is 0 Å². The summed E-state index contributed by atoms with van der Waals surface area (Å²) in [6, 6.07) is 6.63. The van der Waals surface area contributed by atoms with Crippen molar-refractivity contribution in [2.45, 2.75) is 18.6 Å². The van der Waals surface area contributed by atoms with Gasteiger partial charge in [-0.25, -0.2) is 8.42 Å². The van der Waals surface area contributed by atoms with E-state index in [2.05, 4.69) is 0 Å². The first-order chi connectivity index (χ1) is 8.96. The third kappa shape index (κ3) is 4.21. The van der Waals surface area contributed by atoms with Crippen molar-refractivity contribution in [2.75, 3.05) is 18.8 Å². The van der Waals surface area contributed by atoms with E-state index < -0.39 is 15.6 Å². The van der Waals surface area contributed by atoms with Crippen LogP contribution in [0.2, 0.25) is 5.02 Å². The number of amides is 1. The predicted molar refractivity (Wildman–Crippen MR) is 74.8 cm³/mol. The molecule has 0 unspecified atom stereocenters. The van der Waals surface area contributed by atoms with Gasteiger partial charge in [-0.2, -0.15) is 0 Å². The number of sulfone groups is 1. The van der Waals surface area contributed by atoms with Crippen LogP contribution in [0.15, 0.2) is 24.3 Å². The number of hydrogen-bond acceptors (Lipinski definition) is 3. The topological polar surface area (TPSA) is 54.5 Å². The first-order valence-corrected chi connectivity index (χ1v) is 8.39. The minimum atomic E-state index is -3.42. The van der Waals surface area contributed by atoms with Gasteiger partial charge in [0.25, 0.3) is 0 Å². The zero-order chi connectivity index (χ0) is 13.9. The molecule has 1 aliphatic rings. The molecule has 1 fully saturated rings. The van der Waals surface area contributed by atoms with Crippen LogP contribution in [0.5, 0.6) is 0 Å². The zero-order valence-corrected chi connectivity index (χ0v) is 12.1. The van der Waals surface area contributed by atoms with E-state index in [1.54, 1.807) is 29.2 Å². The number of halogens is 1. The summed E-state index contributed by atoms with van der Waals surface area (Å²) >= 11 is 5.74. The van der Waals surface area contributed by atoms with Crippen LogP contribution in [0.1, 0.15) is 18.4 Å². The third-order valence-electron chi connectivity index (χ3n) is 3.10. The molecule has 2 rings (SSSR count). The molecular weight excluding hydrogens is 286 g/mol. The van der Waals surface area contributed by atoms with E-state index in [9.17, 15) is 13.2 Å². The summed E-state index contributed by atoms with van der Waals surface area (Å²) in [6.07, 6.45) is 1.92. The maximum absolute atomic E-state index is 12.0. The number of hydrogen-bond donors (Lipinski definition) is 0. The highest BCUT2D eigenvalue weighted by Gasteiger charge is 2.24. The second-order valence-corrected chi connectivity index (χ2v) is 7.25. The van der Waals surface area contributed by atoms with Gasteiger partial charge in [0.2, 0.25) is 5.91 Å². The van der Waals surface area contributed by atoms with E-state index in [-0.39, 0.29) is 11.7 Å². The summed E-state index contributed by atoms with van der Waals surface area (Å²) < 4.78 is 23.9. The van der Waals surface area contributed by atoms with Gasteiger partial charge in [0.05, 0.1) is 5.75 Å². The molecular formula is C13H16ClNO3S. The van der Waals surface area contributed by atoms with Crippen molar-refractivity contribution in [1.29, 1.82) is 0 Å². The molecule has 1 saturated heterocycles. The van der Waals surface area contributed by atoms with Crippen LogP contribution < -0.4 is 0 Å². The summed E-state index contributed by atoms with van der Waals surface area (Å²) in [7, 11) is -3.42. The molecule has 0 aromatic heterocycles. The molecule has 1 heterocycles. The van der Waals surface area contributed by atoms with Crippen molar-refractivity contribution < 1.29 is 13.2 Å². The van der Waals surface area contributed by atoms with E-state index in [1.807, 2.05) is 0 Å². The van der Waals surface area contributed by atoms with Crippen LogP contribution in [0, 0.1) is 0 Å². The lowest BCUT2D eigenvalue weighted by molar-refractivity contribution is -0.127. The molecule has 0 aliphatic carbocycles. The molecule has 19 heavy (non-hydrogen) atoms. The van der Waals surface area contributed by atoms with E-state index in [0.717, 1.165) is 12.8 Å². The van der Waals surface area contributed by atoms with Crippen LogP contribution in [-0.2, 0) is 20.4 Å². The monoisotopic (exact) mass is 301 g/mol. The Morgan fingerprint density at radius 3 is 2.32 bits per heavy atom. The summed E-state index contributed by atoms with van der Waals surface area (Å²) in [5.74, 6) is -0.814. The number of likely N-dealkylation sites (tertiary alicyclic amines) is 1. The molecule has 6 heteroatoms. The van der Waals surface area contributed by atoms with Crippen LogP contribution >= 0.6 is 11.6 Å². The highest BCUT2D eigenvalue weighted by atomic mass is 35.5. The molecule has 0 radical (unpaired) electrons. The van der Waals surface area contributed by atoms with Crippen molar-refractivity contribution in [2.24, 2.45) is 0 Å². The number of carbonyl (C=O) groups is 1. The Bertz CT molecular complexity index is 548. The van der Waals surface area contributed by atoms with Gasteiger partial charge in [-0.05, 0) is 30.5 Å². The fourth-order valence-corrected chi connectivity index (χ4v) is 3.62. The minimum absolute atomic E-state index is 0.121.